The standard InChI is InChI=1S/C8H14N2/c1-4-8(2,3)7-5-9-10-6-7/h5-6H,4H2,1-3H3,(H,9,10). The minimum Gasteiger partial charge on any atom is -0.285 e. The second-order valence-electron chi connectivity index (χ2n) is 3.22. The summed E-state index contributed by atoms with van der Waals surface area (Å²) in [6, 6.07) is 0. The Hall–Kier alpha value is -0.790. The molecule has 0 aromatic carbocycles. The van der Waals surface area contributed by atoms with Crippen molar-refractivity contribution in [1.29, 1.82) is 0 Å². The Bertz CT molecular complexity index is 187. The second kappa shape index (κ2) is 2.45. The van der Waals surface area contributed by atoms with E-state index in [9.17, 15) is 0 Å². The molecule has 0 aliphatic heterocycles. The van der Waals surface area contributed by atoms with Crippen molar-refractivity contribution in [2.45, 2.75) is 32.6 Å². The third-order valence-electron chi connectivity index (χ3n) is 2.16. The Kier molecular flexibility index (Phi) is 1.79. The van der Waals surface area contributed by atoms with Crippen LogP contribution in [0.3, 0.4) is 0 Å². The van der Waals surface area contributed by atoms with E-state index in [4.69, 9.17) is 0 Å². The van der Waals surface area contributed by atoms with Crippen molar-refractivity contribution in [3.63, 3.8) is 0 Å². The zero-order valence-corrected chi connectivity index (χ0v) is 6.81. The molecule has 2 heteroatoms. The smallest absolute Gasteiger partial charge is 0.0524 e. The predicted molar refractivity (Wildman–Crippen MR) is 41.9 cm³/mol. The first kappa shape index (κ1) is 7.32. The molecule has 0 spiro atoms. The van der Waals surface area contributed by atoms with E-state index in [0.717, 1.165) is 6.42 Å². The van der Waals surface area contributed by atoms with Crippen molar-refractivity contribution in [2.75, 3.05) is 0 Å². The van der Waals surface area contributed by atoms with Crippen LogP contribution < -0.4 is 0 Å². The van der Waals surface area contributed by atoms with Crippen LogP contribution in [0.1, 0.15) is 32.8 Å². The minimum atomic E-state index is 0.271. The molecule has 0 radical (unpaired) electrons. The van der Waals surface area contributed by atoms with Crippen molar-refractivity contribution in [3.05, 3.63) is 18.0 Å². The summed E-state index contributed by atoms with van der Waals surface area (Å²) < 4.78 is 0. The van der Waals surface area contributed by atoms with Gasteiger partial charge in [0.05, 0.1) is 6.20 Å². The molecule has 0 saturated carbocycles. The molecular formula is C8H14N2. The van der Waals surface area contributed by atoms with Crippen molar-refractivity contribution in [3.8, 4) is 0 Å². The highest BCUT2D eigenvalue weighted by atomic mass is 15.1. The van der Waals surface area contributed by atoms with Crippen molar-refractivity contribution in [1.82, 2.24) is 10.2 Å². The fourth-order valence-electron chi connectivity index (χ4n) is 0.825. The van der Waals surface area contributed by atoms with Crippen molar-refractivity contribution < 1.29 is 0 Å². The number of aromatic amines is 1. The normalized spacial score (nSPS) is 11.9. The van der Waals surface area contributed by atoms with Gasteiger partial charge in [0.25, 0.3) is 0 Å². The van der Waals surface area contributed by atoms with E-state index in [1.54, 1.807) is 0 Å². The molecule has 10 heavy (non-hydrogen) atoms. The van der Waals surface area contributed by atoms with E-state index >= 15 is 0 Å². The highest BCUT2D eigenvalue weighted by molar-refractivity contribution is 5.15. The van der Waals surface area contributed by atoms with E-state index < -0.39 is 0 Å². The maximum atomic E-state index is 3.91. The largest absolute Gasteiger partial charge is 0.285 e. The molecule has 0 fully saturated rings. The van der Waals surface area contributed by atoms with Crippen LogP contribution in [0.25, 0.3) is 0 Å². The minimum absolute atomic E-state index is 0.271. The summed E-state index contributed by atoms with van der Waals surface area (Å²) in [6.07, 6.45) is 5.00. The topological polar surface area (TPSA) is 28.7 Å². The van der Waals surface area contributed by atoms with Gasteiger partial charge in [-0.3, -0.25) is 5.10 Å². The van der Waals surface area contributed by atoms with Crippen LogP contribution in [0.5, 0.6) is 0 Å². The van der Waals surface area contributed by atoms with Gasteiger partial charge >= 0.3 is 0 Å². The van der Waals surface area contributed by atoms with Gasteiger partial charge in [0.1, 0.15) is 0 Å². The van der Waals surface area contributed by atoms with Gasteiger partial charge in [0.2, 0.25) is 0 Å². The molecule has 0 atom stereocenters. The predicted octanol–water partition coefficient (Wildman–Crippen LogP) is 2.10. The molecule has 1 aromatic rings. The Balaban J connectivity index is 2.85. The summed E-state index contributed by atoms with van der Waals surface area (Å²) in [5, 5.41) is 6.73. The molecule has 1 aromatic heterocycles. The van der Waals surface area contributed by atoms with Gasteiger partial charge in [0.15, 0.2) is 0 Å². The zero-order valence-electron chi connectivity index (χ0n) is 6.81. The first-order chi connectivity index (χ1) is 4.67. The summed E-state index contributed by atoms with van der Waals surface area (Å²) in [5.74, 6) is 0. The van der Waals surface area contributed by atoms with E-state index in [-0.39, 0.29) is 5.41 Å². The van der Waals surface area contributed by atoms with E-state index in [0.29, 0.717) is 0 Å². The molecule has 0 saturated heterocycles. The van der Waals surface area contributed by atoms with E-state index in [1.165, 1.54) is 5.56 Å². The molecule has 0 amide bonds. The number of aromatic nitrogens is 2. The number of nitrogens with one attached hydrogen (secondary N) is 1. The number of H-pyrrole nitrogens is 1. The molecule has 56 valence electrons. The number of nitrogens with zero attached hydrogens (tertiary/aromatic N) is 1. The monoisotopic (exact) mass is 138 g/mol. The van der Waals surface area contributed by atoms with Gasteiger partial charge in [0, 0.05) is 6.20 Å². The SMILES string of the molecule is CCC(C)(C)c1cn[nH]c1. The van der Waals surface area contributed by atoms with Crippen LogP contribution in [0.4, 0.5) is 0 Å². The summed E-state index contributed by atoms with van der Waals surface area (Å²) in [5.41, 5.74) is 1.56. The van der Waals surface area contributed by atoms with E-state index in [1.807, 2.05) is 12.4 Å². The quantitative estimate of drug-likeness (QED) is 0.666. The van der Waals surface area contributed by atoms with Crippen LogP contribution in [-0.2, 0) is 5.41 Å². The highest BCUT2D eigenvalue weighted by Crippen LogP contribution is 2.24. The van der Waals surface area contributed by atoms with Gasteiger partial charge in [-0.05, 0) is 17.4 Å². The van der Waals surface area contributed by atoms with Gasteiger partial charge in [-0.2, -0.15) is 5.10 Å². The molecule has 1 rings (SSSR count). The number of rotatable bonds is 2. The lowest BCUT2D eigenvalue weighted by atomic mass is 9.84. The Morgan fingerprint density at radius 1 is 1.60 bits per heavy atom. The summed E-state index contributed by atoms with van der Waals surface area (Å²) in [6.45, 7) is 6.63. The fraction of sp³-hybridized carbons (Fsp3) is 0.625. The first-order valence-corrected chi connectivity index (χ1v) is 3.66. The average Bonchev–Trinajstić information content (AvgIpc) is 2.38. The lowest BCUT2D eigenvalue weighted by Gasteiger charge is -2.19. The highest BCUT2D eigenvalue weighted by Gasteiger charge is 2.18. The third-order valence-corrected chi connectivity index (χ3v) is 2.16. The van der Waals surface area contributed by atoms with Crippen molar-refractivity contribution in [2.24, 2.45) is 0 Å². The van der Waals surface area contributed by atoms with Crippen LogP contribution in [0.2, 0.25) is 0 Å². The van der Waals surface area contributed by atoms with Crippen LogP contribution in [0.15, 0.2) is 12.4 Å². The zero-order chi connectivity index (χ0) is 7.61. The molecule has 0 aliphatic rings. The van der Waals surface area contributed by atoms with Gasteiger partial charge in [-0.15, -0.1) is 0 Å². The molecule has 0 bridgehead atoms. The molecule has 1 heterocycles. The van der Waals surface area contributed by atoms with Gasteiger partial charge < -0.3 is 0 Å². The Morgan fingerprint density at radius 3 is 2.70 bits per heavy atom. The summed E-state index contributed by atoms with van der Waals surface area (Å²) >= 11 is 0. The number of hydrogen-bond acceptors (Lipinski definition) is 1. The van der Waals surface area contributed by atoms with Gasteiger partial charge in [-0.1, -0.05) is 20.8 Å². The molecular weight excluding hydrogens is 124 g/mol. The second-order valence-corrected chi connectivity index (χ2v) is 3.22. The van der Waals surface area contributed by atoms with Crippen molar-refractivity contribution >= 4 is 0 Å². The summed E-state index contributed by atoms with van der Waals surface area (Å²) in [7, 11) is 0. The maximum Gasteiger partial charge on any atom is 0.0524 e. The Morgan fingerprint density at radius 2 is 2.30 bits per heavy atom. The van der Waals surface area contributed by atoms with E-state index in [2.05, 4.69) is 31.0 Å². The molecule has 0 aliphatic carbocycles. The third kappa shape index (κ3) is 1.20. The van der Waals surface area contributed by atoms with Crippen LogP contribution >= 0.6 is 0 Å². The summed E-state index contributed by atoms with van der Waals surface area (Å²) in [4.78, 5) is 0. The lowest BCUT2D eigenvalue weighted by Crippen LogP contribution is -2.13. The Labute approximate surface area is 61.7 Å². The molecule has 2 nitrogen and oxygen atoms in total. The fourth-order valence-corrected chi connectivity index (χ4v) is 0.825. The van der Waals surface area contributed by atoms with Crippen LogP contribution in [-0.4, -0.2) is 10.2 Å². The van der Waals surface area contributed by atoms with Crippen LogP contribution in [0, 0.1) is 0 Å². The number of hydrogen-bond donors (Lipinski definition) is 1. The maximum absolute atomic E-state index is 3.91. The average molecular weight is 138 g/mol. The first-order valence-electron chi connectivity index (χ1n) is 3.66. The molecule has 1 N–H and O–H groups in total. The van der Waals surface area contributed by atoms with Gasteiger partial charge in [-0.25, -0.2) is 0 Å². The lowest BCUT2D eigenvalue weighted by molar-refractivity contribution is 0.506. The molecule has 0 unspecified atom stereocenters.